The highest BCUT2D eigenvalue weighted by Gasteiger charge is 2.32. The lowest BCUT2D eigenvalue weighted by molar-refractivity contribution is -0.138. The Hall–Kier alpha value is -2.57. The topological polar surface area (TPSA) is 82.2 Å². The number of aryl methyl sites for hydroxylation is 1. The van der Waals surface area contributed by atoms with Gasteiger partial charge in [0.05, 0.1) is 16.9 Å². The van der Waals surface area contributed by atoms with E-state index in [4.69, 9.17) is 5.14 Å². The smallest absolute Gasteiger partial charge is 0.267 e. The Morgan fingerprint density at radius 2 is 1.66 bits per heavy atom. The molecule has 0 aliphatic carbocycles. The molecule has 0 atom stereocenters. The van der Waals surface area contributed by atoms with Crippen LogP contribution in [0.4, 0.5) is 22.0 Å². The SMILES string of the molecule is Cc1cc(-n2c(-c3cc(F)c(S(N)(=O)=O)c(F)c3)csc2=O)ccc1C(F)(F)F. The van der Waals surface area contributed by atoms with E-state index in [-0.39, 0.29) is 22.5 Å². The highest BCUT2D eigenvalue weighted by Crippen LogP contribution is 2.34. The lowest BCUT2D eigenvalue weighted by atomic mass is 10.1. The van der Waals surface area contributed by atoms with Crippen molar-refractivity contribution >= 4 is 21.4 Å². The number of nitrogens with zero attached hydrogens (tertiary/aromatic N) is 1. The van der Waals surface area contributed by atoms with Crippen LogP contribution in [0.25, 0.3) is 16.9 Å². The maximum atomic E-state index is 14.2. The summed E-state index contributed by atoms with van der Waals surface area (Å²) < 4.78 is 90.8. The largest absolute Gasteiger partial charge is 0.416 e. The average molecular weight is 450 g/mol. The molecule has 3 rings (SSSR count). The molecule has 0 saturated heterocycles. The quantitative estimate of drug-likeness (QED) is 0.616. The van der Waals surface area contributed by atoms with Gasteiger partial charge in [-0.2, -0.15) is 13.2 Å². The van der Waals surface area contributed by atoms with E-state index >= 15 is 0 Å². The molecule has 0 radical (unpaired) electrons. The molecule has 3 aromatic rings. The van der Waals surface area contributed by atoms with Crippen molar-refractivity contribution < 1.29 is 30.4 Å². The Labute approximate surface area is 164 Å². The van der Waals surface area contributed by atoms with Gasteiger partial charge in [0.15, 0.2) is 4.90 Å². The van der Waals surface area contributed by atoms with Gasteiger partial charge in [0.25, 0.3) is 0 Å². The van der Waals surface area contributed by atoms with E-state index in [2.05, 4.69) is 0 Å². The molecule has 0 bridgehead atoms. The van der Waals surface area contributed by atoms with Gasteiger partial charge in [0.1, 0.15) is 11.6 Å². The molecule has 0 spiro atoms. The summed E-state index contributed by atoms with van der Waals surface area (Å²) in [5.41, 5.74) is -1.21. The zero-order chi connectivity index (χ0) is 21.7. The minimum Gasteiger partial charge on any atom is -0.267 e. The maximum Gasteiger partial charge on any atom is 0.416 e. The highest BCUT2D eigenvalue weighted by molar-refractivity contribution is 7.89. The number of benzene rings is 2. The number of sulfonamides is 1. The molecule has 0 amide bonds. The Morgan fingerprint density at radius 1 is 1.07 bits per heavy atom. The van der Waals surface area contributed by atoms with Crippen LogP contribution in [0.15, 0.2) is 45.4 Å². The van der Waals surface area contributed by atoms with E-state index in [0.717, 1.165) is 22.8 Å². The first-order valence-electron chi connectivity index (χ1n) is 7.71. The number of halogens is 5. The van der Waals surface area contributed by atoms with E-state index in [9.17, 15) is 35.2 Å². The van der Waals surface area contributed by atoms with Crippen LogP contribution in [0.5, 0.6) is 0 Å². The van der Waals surface area contributed by atoms with E-state index in [1.165, 1.54) is 12.3 Å². The molecule has 1 heterocycles. The minimum absolute atomic E-state index is 0.0297. The first-order chi connectivity index (χ1) is 13.3. The van der Waals surface area contributed by atoms with Crippen LogP contribution in [0.2, 0.25) is 0 Å². The normalized spacial score (nSPS) is 12.4. The lowest BCUT2D eigenvalue weighted by Crippen LogP contribution is -2.17. The van der Waals surface area contributed by atoms with Crippen molar-refractivity contribution in [3.63, 3.8) is 0 Å². The van der Waals surface area contributed by atoms with Crippen LogP contribution in [0.3, 0.4) is 0 Å². The zero-order valence-corrected chi connectivity index (χ0v) is 16.1. The second kappa shape index (κ2) is 7.04. The summed E-state index contributed by atoms with van der Waals surface area (Å²) in [6.45, 7) is 1.21. The minimum atomic E-state index is -4.67. The fourth-order valence-electron chi connectivity index (χ4n) is 2.84. The van der Waals surface area contributed by atoms with E-state index in [1.807, 2.05) is 0 Å². The molecule has 0 fully saturated rings. The summed E-state index contributed by atoms with van der Waals surface area (Å²) in [4.78, 5) is 10.3. The van der Waals surface area contributed by atoms with Gasteiger partial charge in [-0.05, 0) is 42.8 Å². The highest BCUT2D eigenvalue weighted by atomic mass is 32.2. The maximum absolute atomic E-state index is 14.2. The van der Waals surface area contributed by atoms with Gasteiger partial charge in [-0.25, -0.2) is 22.3 Å². The first-order valence-corrected chi connectivity index (χ1v) is 10.1. The van der Waals surface area contributed by atoms with Gasteiger partial charge in [-0.1, -0.05) is 11.3 Å². The average Bonchev–Trinajstić information content (AvgIpc) is 2.93. The molecule has 154 valence electrons. The molecule has 0 saturated carbocycles. The predicted octanol–water partition coefficient (Wildman–Crippen LogP) is 3.82. The van der Waals surface area contributed by atoms with Crippen molar-refractivity contribution in [2.24, 2.45) is 5.14 Å². The van der Waals surface area contributed by atoms with Crippen molar-refractivity contribution in [3.05, 3.63) is 68.1 Å². The number of aromatic nitrogens is 1. The Balaban J connectivity index is 2.20. The molecular weight excluding hydrogens is 439 g/mol. The van der Waals surface area contributed by atoms with Crippen molar-refractivity contribution in [2.45, 2.75) is 18.0 Å². The van der Waals surface area contributed by atoms with Gasteiger partial charge in [-0.3, -0.25) is 9.36 Å². The summed E-state index contributed by atoms with van der Waals surface area (Å²) in [5, 5.41) is 6.04. The summed E-state index contributed by atoms with van der Waals surface area (Å²) in [6, 6.07) is 4.32. The Kier molecular flexibility index (Phi) is 5.13. The number of rotatable bonds is 3. The second-order valence-electron chi connectivity index (χ2n) is 6.03. The molecule has 5 nitrogen and oxygen atoms in total. The Morgan fingerprint density at radius 3 is 2.14 bits per heavy atom. The molecular formula is C17H11F5N2O3S2. The monoisotopic (exact) mass is 450 g/mol. The Bertz CT molecular complexity index is 1250. The fraction of sp³-hybridized carbons (Fsp3) is 0.118. The van der Waals surface area contributed by atoms with Gasteiger partial charge in [-0.15, -0.1) is 0 Å². The number of primary sulfonamides is 1. The molecule has 2 aromatic carbocycles. The standard InChI is InChI=1S/C17H11F5N2O3S2/c1-8-4-10(2-3-11(8)17(20,21)22)24-14(7-28-16(24)25)9-5-12(18)15(13(19)6-9)29(23,26)27/h2-7H,1H3,(H2,23,26,27). The third-order valence-corrected chi connectivity index (χ3v) is 5.73. The number of hydrogen-bond donors (Lipinski definition) is 1. The van der Waals surface area contributed by atoms with Gasteiger partial charge < -0.3 is 0 Å². The molecule has 0 aliphatic heterocycles. The van der Waals surface area contributed by atoms with Crippen LogP contribution >= 0.6 is 11.3 Å². The van der Waals surface area contributed by atoms with Crippen LogP contribution in [0, 0.1) is 18.6 Å². The van der Waals surface area contributed by atoms with Crippen molar-refractivity contribution in [3.8, 4) is 16.9 Å². The summed E-state index contributed by atoms with van der Waals surface area (Å²) in [5.74, 6) is -2.92. The first kappa shape index (κ1) is 21.1. The second-order valence-corrected chi connectivity index (χ2v) is 8.35. The number of hydrogen-bond acceptors (Lipinski definition) is 4. The fourth-order valence-corrected chi connectivity index (χ4v) is 4.26. The van der Waals surface area contributed by atoms with Crippen LogP contribution in [-0.4, -0.2) is 13.0 Å². The van der Waals surface area contributed by atoms with Crippen molar-refractivity contribution in [2.75, 3.05) is 0 Å². The third-order valence-electron chi connectivity index (χ3n) is 4.05. The van der Waals surface area contributed by atoms with Crippen LogP contribution in [0.1, 0.15) is 11.1 Å². The summed E-state index contributed by atoms with van der Waals surface area (Å²) in [7, 11) is -4.67. The molecule has 2 N–H and O–H groups in total. The summed E-state index contributed by atoms with van der Waals surface area (Å²) >= 11 is 0.655. The molecule has 0 unspecified atom stereocenters. The molecule has 29 heavy (non-hydrogen) atoms. The molecule has 12 heteroatoms. The number of alkyl halides is 3. The van der Waals surface area contributed by atoms with Gasteiger partial charge >= 0.3 is 11.0 Å². The van der Waals surface area contributed by atoms with Gasteiger partial charge in [0.2, 0.25) is 10.0 Å². The molecule has 0 aliphatic rings. The van der Waals surface area contributed by atoms with E-state index in [1.54, 1.807) is 0 Å². The third kappa shape index (κ3) is 3.95. The molecule has 1 aromatic heterocycles. The van der Waals surface area contributed by atoms with E-state index in [0.29, 0.717) is 23.5 Å². The number of nitrogens with two attached hydrogens (primary N) is 1. The zero-order valence-electron chi connectivity index (χ0n) is 14.4. The van der Waals surface area contributed by atoms with Crippen molar-refractivity contribution in [1.29, 1.82) is 0 Å². The predicted molar refractivity (Wildman–Crippen MR) is 96.4 cm³/mol. The van der Waals surface area contributed by atoms with E-state index < -0.39 is 43.2 Å². The lowest BCUT2D eigenvalue weighted by Gasteiger charge is -2.14. The van der Waals surface area contributed by atoms with Crippen LogP contribution in [-0.2, 0) is 16.2 Å². The van der Waals surface area contributed by atoms with Gasteiger partial charge in [0, 0.05) is 10.9 Å². The van der Waals surface area contributed by atoms with Crippen molar-refractivity contribution in [1.82, 2.24) is 4.57 Å². The van der Waals surface area contributed by atoms with Crippen LogP contribution < -0.4 is 10.0 Å². The summed E-state index contributed by atoms with van der Waals surface area (Å²) in [6.07, 6.45) is -4.58. The number of thiazole rings is 1.